The second kappa shape index (κ2) is 12.9. The van der Waals surface area contributed by atoms with Gasteiger partial charge in [0, 0.05) is 47.7 Å². The highest BCUT2D eigenvalue weighted by Crippen LogP contribution is 2.39. The van der Waals surface area contributed by atoms with Gasteiger partial charge in [0.25, 0.3) is 0 Å². The first kappa shape index (κ1) is 27.5. The first-order valence-corrected chi connectivity index (χ1v) is 14.2. The molecule has 2 atom stereocenters. The van der Waals surface area contributed by atoms with Gasteiger partial charge in [-0.05, 0) is 42.3 Å². The highest BCUT2D eigenvalue weighted by molar-refractivity contribution is 5.64. The summed E-state index contributed by atoms with van der Waals surface area (Å²) >= 11 is 0. The van der Waals surface area contributed by atoms with E-state index in [1.165, 1.54) is 22.4 Å². The highest BCUT2D eigenvalue weighted by atomic mass is 16.5. The molecule has 0 amide bonds. The van der Waals surface area contributed by atoms with Crippen LogP contribution in [0.4, 0.5) is 5.69 Å². The van der Waals surface area contributed by atoms with Crippen LogP contribution in [0.3, 0.4) is 0 Å². The number of benzene rings is 3. The van der Waals surface area contributed by atoms with Gasteiger partial charge < -0.3 is 29.6 Å². The van der Waals surface area contributed by atoms with E-state index in [4.69, 9.17) is 18.9 Å². The number of ether oxygens (including phenoxy) is 4. The van der Waals surface area contributed by atoms with Crippen LogP contribution in [0.5, 0.6) is 11.5 Å². The molecule has 1 fully saturated rings. The zero-order valence-electron chi connectivity index (χ0n) is 23.5. The molecule has 208 valence electrons. The lowest BCUT2D eigenvalue weighted by molar-refractivity contribution is 0.0108. The van der Waals surface area contributed by atoms with Gasteiger partial charge in [-0.15, -0.1) is 0 Å². The Balaban J connectivity index is 1.09. The number of nitrogens with one attached hydrogen (secondary N) is 2. The van der Waals surface area contributed by atoms with E-state index < -0.39 is 0 Å². The van der Waals surface area contributed by atoms with Crippen molar-refractivity contribution in [3.63, 3.8) is 0 Å². The zero-order chi connectivity index (χ0) is 27.1. The average molecular weight is 531 g/mol. The third-order valence-electron chi connectivity index (χ3n) is 7.93. The Morgan fingerprint density at radius 3 is 2.56 bits per heavy atom. The van der Waals surface area contributed by atoms with Gasteiger partial charge in [-0.3, -0.25) is 0 Å². The van der Waals surface area contributed by atoms with Crippen molar-refractivity contribution in [3.05, 3.63) is 89.0 Å². The van der Waals surface area contributed by atoms with E-state index in [2.05, 4.69) is 66.9 Å². The molecule has 2 heterocycles. The summed E-state index contributed by atoms with van der Waals surface area (Å²) in [4.78, 5) is 0. The van der Waals surface area contributed by atoms with E-state index in [1.54, 1.807) is 7.11 Å². The van der Waals surface area contributed by atoms with Crippen molar-refractivity contribution in [2.45, 2.75) is 57.3 Å². The van der Waals surface area contributed by atoms with Gasteiger partial charge in [0.1, 0.15) is 11.5 Å². The van der Waals surface area contributed by atoms with Gasteiger partial charge in [-0.2, -0.15) is 0 Å². The van der Waals surface area contributed by atoms with Crippen LogP contribution in [-0.4, -0.2) is 46.1 Å². The lowest BCUT2D eigenvalue weighted by atomic mass is 9.86. The lowest BCUT2D eigenvalue weighted by Crippen LogP contribution is -2.41. The van der Waals surface area contributed by atoms with E-state index in [0.29, 0.717) is 32.3 Å². The zero-order valence-corrected chi connectivity index (χ0v) is 23.5. The van der Waals surface area contributed by atoms with Gasteiger partial charge in [0.05, 0.1) is 39.6 Å². The highest BCUT2D eigenvalue weighted by Gasteiger charge is 2.32. The fourth-order valence-corrected chi connectivity index (χ4v) is 5.65. The summed E-state index contributed by atoms with van der Waals surface area (Å²) in [5, 5.41) is 7.14. The molecule has 0 bridgehead atoms. The van der Waals surface area contributed by atoms with Crippen molar-refractivity contribution in [1.82, 2.24) is 5.32 Å². The molecular weight excluding hydrogens is 488 g/mol. The van der Waals surface area contributed by atoms with Gasteiger partial charge in [0.15, 0.2) is 0 Å². The van der Waals surface area contributed by atoms with E-state index in [-0.39, 0.29) is 11.5 Å². The van der Waals surface area contributed by atoms with E-state index >= 15 is 0 Å². The summed E-state index contributed by atoms with van der Waals surface area (Å²) in [5.74, 6) is 2.12. The van der Waals surface area contributed by atoms with Gasteiger partial charge >= 0.3 is 0 Å². The summed E-state index contributed by atoms with van der Waals surface area (Å²) in [6.45, 7) is 9.86. The van der Waals surface area contributed by atoms with Crippen LogP contribution < -0.4 is 20.1 Å². The van der Waals surface area contributed by atoms with Crippen molar-refractivity contribution in [3.8, 4) is 11.5 Å². The van der Waals surface area contributed by atoms with Crippen LogP contribution in [0.25, 0.3) is 0 Å². The quantitative estimate of drug-likeness (QED) is 0.278. The van der Waals surface area contributed by atoms with Crippen molar-refractivity contribution in [2.75, 3.05) is 45.3 Å². The van der Waals surface area contributed by atoms with Crippen LogP contribution >= 0.6 is 0 Å². The second-order valence-electron chi connectivity index (χ2n) is 11.2. The maximum absolute atomic E-state index is 6.55. The predicted molar refractivity (Wildman–Crippen MR) is 156 cm³/mol. The Morgan fingerprint density at radius 1 is 0.897 bits per heavy atom. The molecule has 1 saturated heterocycles. The Hall–Kier alpha value is -3.06. The summed E-state index contributed by atoms with van der Waals surface area (Å²) in [6, 6.07) is 23.1. The topological polar surface area (TPSA) is 61.0 Å². The molecule has 3 aromatic rings. The molecule has 0 aromatic heterocycles. The molecule has 2 aliphatic heterocycles. The molecule has 0 aliphatic carbocycles. The number of methoxy groups -OCH3 is 1. The number of piperidine rings is 1. The standard InChI is InChI=1S/C33H42N2O4/c1-33(2)23-35-32-26(9-6-10-29(32)33)22-39-31-20-34-17-16-28(31)24-12-14-27(15-13-24)38-19-7-18-37-21-25-8-4-5-11-30(25)36-3/h4-6,8-15,28,31,34-35H,7,16-23H2,1-3H3/t28-,31+/m1/s1. The maximum Gasteiger partial charge on any atom is 0.124 e. The number of rotatable bonds is 12. The number of para-hydroxylation sites is 2. The molecule has 0 saturated carbocycles. The van der Waals surface area contributed by atoms with Crippen LogP contribution in [-0.2, 0) is 28.1 Å². The molecule has 2 aliphatic rings. The first-order valence-electron chi connectivity index (χ1n) is 14.2. The van der Waals surface area contributed by atoms with Crippen LogP contribution in [0.2, 0.25) is 0 Å². The Morgan fingerprint density at radius 2 is 1.72 bits per heavy atom. The van der Waals surface area contributed by atoms with E-state index in [1.807, 2.05) is 24.3 Å². The van der Waals surface area contributed by atoms with E-state index in [0.717, 1.165) is 49.5 Å². The summed E-state index contributed by atoms with van der Waals surface area (Å²) in [6.07, 6.45) is 2.03. The minimum atomic E-state index is 0.135. The molecule has 0 spiro atoms. The third-order valence-corrected chi connectivity index (χ3v) is 7.93. The Labute approximate surface area is 233 Å². The molecule has 6 nitrogen and oxygen atoms in total. The van der Waals surface area contributed by atoms with Crippen molar-refractivity contribution in [2.24, 2.45) is 0 Å². The van der Waals surface area contributed by atoms with Crippen LogP contribution in [0.1, 0.15) is 54.9 Å². The first-order chi connectivity index (χ1) is 19.0. The maximum atomic E-state index is 6.55. The lowest BCUT2D eigenvalue weighted by Gasteiger charge is -2.33. The molecular formula is C33H42N2O4. The molecule has 6 heteroatoms. The summed E-state index contributed by atoms with van der Waals surface area (Å²) < 4.78 is 23.7. The minimum Gasteiger partial charge on any atom is -0.496 e. The Bertz CT molecular complexity index is 1210. The molecule has 2 N–H and O–H groups in total. The van der Waals surface area contributed by atoms with Crippen molar-refractivity contribution < 1.29 is 18.9 Å². The van der Waals surface area contributed by atoms with Gasteiger partial charge in [-0.1, -0.05) is 62.4 Å². The van der Waals surface area contributed by atoms with Gasteiger partial charge in [0.2, 0.25) is 0 Å². The molecule has 0 unspecified atom stereocenters. The van der Waals surface area contributed by atoms with Crippen molar-refractivity contribution >= 4 is 5.69 Å². The number of fused-ring (bicyclic) bond motifs is 1. The fraction of sp³-hybridized carbons (Fsp3) is 0.455. The average Bonchev–Trinajstić information content (AvgIpc) is 3.29. The normalized spacial score (nSPS) is 19.8. The molecule has 0 radical (unpaired) electrons. The summed E-state index contributed by atoms with van der Waals surface area (Å²) in [7, 11) is 1.68. The van der Waals surface area contributed by atoms with Crippen LogP contribution in [0, 0.1) is 0 Å². The number of hydrogen-bond acceptors (Lipinski definition) is 6. The molecule has 39 heavy (non-hydrogen) atoms. The minimum absolute atomic E-state index is 0.135. The molecule has 5 rings (SSSR count). The SMILES string of the molecule is COc1ccccc1COCCCOc1ccc([C@H]2CCNC[C@@H]2OCc2cccc3c2NCC3(C)C)cc1. The monoisotopic (exact) mass is 530 g/mol. The van der Waals surface area contributed by atoms with Crippen LogP contribution in [0.15, 0.2) is 66.7 Å². The second-order valence-corrected chi connectivity index (χ2v) is 11.2. The largest absolute Gasteiger partial charge is 0.496 e. The van der Waals surface area contributed by atoms with E-state index in [9.17, 15) is 0 Å². The molecule has 3 aromatic carbocycles. The third kappa shape index (κ3) is 6.75. The predicted octanol–water partition coefficient (Wildman–Crippen LogP) is 6.05. The smallest absolute Gasteiger partial charge is 0.124 e. The summed E-state index contributed by atoms with van der Waals surface area (Å²) in [5.41, 5.74) is 6.43. The number of anilines is 1. The van der Waals surface area contributed by atoms with Crippen molar-refractivity contribution in [1.29, 1.82) is 0 Å². The number of hydrogen-bond donors (Lipinski definition) is 2. The van der Waals surface area contributed by atoms with Gasteiger partial charge in [-0.25, -0.2) is 0 Å². The fourth-order valence-electron chi connectivity index (χ4n) is 5.65. The Kier molecular flexibility index (Phi) is 9.07.